The Morgan fingerprint density at radius 1 is 0.871 bits per heavy atom. The maximum atomic E-state index is 13.1. The van der Waals surface area contributed by atoms with E-state index in [9.17, 15) is 9.59 Å². The predicted octanol–water partition coefficient (Wildman–Crippen LogP) is 5.85. The van der Waals surface area contributed by atoms with Crippen molar-refractivity contribution >= 4 is 34.5 Å². The molecule has 0 saturated carbocycles. The molecule has 5 rings (SSSR count). The van der Waals surface area contributed by atoms with Crippen molar-refractivity contribution in [3.05, 3.63) is 106 Å². The topological polar surface area (TPSA) is 49.4 Å². The second-order valence-electron chi connectivity index (χ2n) is 7.52. The summed E-state index contributed by atoms with van der Waals surface area (Å²) in [6.07, 6.45) is 0.865. The molecule has 5 heteroatoms. The Bertz CT molecular complexity index is 1290. The summed E-state index contributed by atoms with van der Waals surface area (Å²) in [5.74, 6) is -0.373. The Kier molecular flexibility index (Phi) is 4.88. The predicted molar refractivity (Wildman–Crippen MR) is 126 cm³/mol. The first-order valence-corrected chi connectivity index (χ1v) is 10.9. The van der Waals surface area contributed by atoms with Gasteiger partial charge in [0.25, 0.3) is 11.8 Å². The first-order valence-electron chi connectivity index (χ1n) is 10.0. The minimum absolute atomic E-state index is 0.134. The van der Waals surface area contributed by atoms with Gasteiger partial charge in [-0.05, 0) is 64.4 Å². The molecule has 0 fully saturated rings. The summed E-state index contributed by atoms with van der Waals surface area (Å²) >= 11 is 1.39. The number of amides is 2. The number of anilines is 2. The Hall–Kier alpha value is -3.70. The molecule has 4 nitrogen and oxygen atoms in total. The van der Waals surface area contributed by atoms with Gasteiger partial charge in [-0.1, -0.05) is 48.5 Å². The SMILES string of the molecule is CN(C(=O)c1cccs1)c1ccccc1C(=O)Nc1ccc2c(c1)Cc1ccccc1-2. The van der Waals surface area contributed by atoms with Gasteiger partial charge in [0.05, 0.1) is 16.1 Å². The van der Waals surface area contributed by atoms with E-state index in [1.807, 2.05) is 29.6 Å². The van der Waals surface area contributed by atoms with Gasteiger partial charge < -0.3 is 10.2 Å². The maximum Gasteiger partial charge on any atom is 0.268 e. The molecule has 0 unspecified atom stereocenters. The molecule has 4 aromatic rings. The van der Waals surface area contributed by atoms with E-state index in [1.165, 1.54) is 38.5 Å². The second kappa shape index (κ2) is 7.85. The van der Waals surface area contributed by atoms with Crippen molar-refractivity contribution in [1.29, 1.82) is 0 Å². The molecule has 2 amide bonds. The van der Waals surface area contributed by atoms with E-state index in [4.69, 9.17) is 0 Å². The average molecular weight is 425 g/mol. The highest BCUT2D eigenvalue weighted by Crippen LogP contribution is 2.37. The van der Waals surface area contributed by atoms with Gasteiger partial charge in [-0.2, -0.15) is 0 Å². The van der Waals surface area contributed by atoms with Crippen molar-refractivity contribution < 1.29 is 9.59 Å². The number of nitrogens with one attached hydrogen (secondary N) is 1. The molecule has 1 N–H and O–H groups in total. The lowest BCUT2D eigenvalue weighted by Gasteiger charge is -2.20. The van der Waals surface area contributed by atoms with E-state index in [0.717, 1.165) is 12.1 Å². The molecule has 31 heavy (non-hydrogen) atoms. The monoisotopic (exact) mass is 424 g/mol. The molecule has 3 aromatic carbocycles. The zero-order valence-electron chi connectivity index (χ0n) is 17.0. The number of carbonyl (C=O) groups is 2. The van der Waals surface area contributed by atoms with Crippen molar-refractivity contribution in [2.24, 2.45) is 0 Å². The van der Waals surface area contributed by atoms with Crippen LogP contribution in [0.1, 0.15) is 31.2 Å². The van der Waals surface area contributed by atoms with Crippen molar-refractivity contribution in [3.63, 3.8) is 0 Å². The molecule has 0 atom stereocenters. The third-order valence-corrected chi connectivity index (χ3v) is 6.46. The van der Waals surface area contributed by atoms with Crippen LogP contribution in [0.2, 0.25) is 0 Å². The van der Waals surface area contributed by atoms with Gasteiger partial charge in [0, 0.05) is 12.7 Å². The highest BCUT2D eigenvalue weighted by atomic mass is 32.1. The van der Waals surface area contributed by atoms with Gasteiger partial charge >= 0.3 is 0 Å². The van der Waals surface area contributed by atoms with E-state index >= 15 is 0 Å². The van der Waals surface area contributed by atoms with Crippen LogP contribution in [-0.2, 0) is 6.42 Å². The highest BCUT2D eigenvalue weighted by Gasteiger charge is 2.22. The molecule has 1 aliphatic rings. The number of benzene rings is 3. The summed E-state index contributed by atoms with van der Waals surface area (Å²) in [5.41, 5.74) is 6.77. The summed E-state index contributed by atoms with van der Waals surface area (Å²) in [4.78, 5) is 28.1. The lowest BCUT2D eigenvalue weighted by Crippen LogP contribution is -2.28. The molecule has 0 bridgehead atoms. The minimum atomic E-state index is -0.239. The fourth-order valence-electron chi connectivity index (χ4n) is 4.05. The van der Waals surface area contributed by atoms with Crippen LogP contribution in [0.25, 0.3) is 11.1 Å². The van der Waals surface area contributed by atoms with E-state index in [-0.39, 0.29) is 11.8 Å². The third kappa shape index (κ3) is 3.53. The fourth-order valence-corrected chi connectivity index (χ4v) is 4.75. The first-order chi connectivity index (χ1) is 15.1. The van der Waals surface area contributed by atoms with Crippen LogP contribution >= 0.6 is 11.3 Å². The van der Waals surface area contributed by atoms with Crippen LogP contribution in [0, 0.1) is 0 Å². The van der Waals surface area contributed by atoms with Gasteiger partial charge in [-0.15, -0.1) is 11.3 Å². The molecule has 0 saturated heterocycles. The third-order valence-electron chi connectivity index (χ3n) is 5.60. The quantitative estimate of drug-likeness (QED) is 0.393. The van der Waals surface area contributed by atoms with Gasteiger partial charge in [-0.25, -0.2) is 0 Å². The summed E-state index contributed by atoms with van der Waals surface area (Å²) in [5, 5.41) is 4.88. The maximum absolute atomic E-state index is 13.1. The van der Waals surface area contributed by atoms with Gasteiger partial charge in [0.1, 0.15) is 0 Å². The van der Waals surface area contributed by atoms with Crippen molar-refractivity contribution in [2.75, 3.05) is 17.3 Å². The number of carbonyl (C=O) groups excluding carboxylic acids is 2. The molecule has 1 heterocycles. The number of hydrogen-bond donors (Lipinski definition) is 1. The van der Waals surface area contributed by atoms with Crippen LogP contribution in [0.3, 0.4) is 0 Å². The normalized spacial score (nSPS) is 11.5. The molecule has 1 aromatic heterocycles. The van der Waals surface area contributed by atoms with Crippen LogP contribution in [-0.4, -0.2) is 18.9 Å². The van der Waals surface area contributed by atoms with E-state index in [1.54, 1.807) is 31.3 Å². The van der Waals surface area contributed by atoms with Crippen molar-refractivity contribution in [1.82, 2.24) is 0 Å². The lowest BCUT2D eigenvalue weighted by molar-refractivity contribution is 0.0996. The lowest BCUT2D eigenvalue weighted by atomic mass is 10.1. The summed E-state index contributed by atoms with van der Waals surface area (Å²) in [7, 11) is 1.70. The molecular weight excluding hydrogens is 404 g/mol. The minimum Gasteiger partial charge on any atom is -0.322 e. The molecule has 152 valence electrons. The molecule has 1 aliphatic carbocycles. The smallest absolute Gasteiger partial charge is 0.268 e. The fraction of sp³-hybridized carbons (Fsp3) is 0.0769. The Morgan fingerprint density at radius 2 is 1.65 bits per heavy atom. The van der Waals surface area contributed by atoms with E-state index in [2.05, 4.69) is 35.6 Å². The number of nitrogens with zero attached hydrogens (tertiary/aromatic N) is 1. The van der Waals surface area contributed by atoms with Crippen LogP contribution in [0.4, 0.5) is 11.4 Å². The number of rotatable bonds is 4. The number of para-hydroxylation sites is 1. The second-order valence-corrected chi connectivity index (χ2v) is 8.47. The average Bonchev–Trinajstić information content (AvgIpc) is 3.46. The van der Waals surface area contributed by atoms with Gasteiger partial charge in [0.2, 0.25) is 0 Å². The zero-order chi connectivity index (χ0) is 21.4. The summed E-state index contributed by atoms with van der Waals surface area (Å²) < 4.78 is 0. The number of hydrogen-bond acceptors (Lipinski definition) is 3. The summed E-state index contributed by atoms with van der Waals surface area (Å²) in [6.45, 7) is 0. The van der Waals surface area contributed by atoms with E-state index < -0.39 is 0 Å². The number of thiophene rings is 1. The molecule has 0 radical (unpaired) electrons. The largest absolute Gasteiger partial charge is 0.322 e. The highest BCUT2D eigenvalue weighted by molar-refractivity contribution is 7.12. The van der Waals surface area contributed by atoms with Crippen molar-refractivity contribution in [3.8, 4) is 11.1 Å². The van der Waals surface area contributed by atoms with Crippen LogP contribution < -0.4 is 10.2 Å². The first kappa shape index (κ1) is 19.3. The van der Waals surface area contributed by atoms with Crippen molar-refractivity contribution in [2.45, 2.75) is 6.42 Å². The van der Waals surface area contributed by atoms with Crippen LogP contribution in [0.5, 0.6) is 0 Å². The molecule has 0 spiro atoms. The Morgan fingerprint density at radius 3 is 2.48 bits per heavy atom. The van der Waals surface area contributed by atoms with E-state index in [0.29, 0.717) is 16.1 Å². The molecular formula is C26H20N2O2S. The Balaban J connectivity index is 1.40. The zero-order valence-corrected chi connectivity index (χ0v) is 17.8. The standard InChI is InChI=1S/C26H20N2O2S/c1-28(26(30)24-11-6-14-31-24)23-10-5-4-9-22(23)25(29)27-19-12-13-21-18(16-19)15-17-7-2-3-8-20(17)21/h2-14,16H,15H2,1H3,(H,27,29). The Labute approximate surface area is 184 Å². The van der Waals surface area contributed by atoms with Crippen LogP contribution in [0.15, 0.2) is 84.2 Å². The summed E-state index contributed by atoms with van der Waals surface area (Å²) in [6, 6.07) is 25.2. The van der Waals surface area contributed by atoms with Gasteiger partial charge in [-0.3, -0.25) is 9.59 Å². The molecule has 0 aliphatic heterocycles. The number of fused-ring (bicyclic) bond motifs is 3. The van der Waals surface area contributed by atoms with Gasteiger partial charge in [0.15, 0.2) is 0 Å².